The van der Waals surface area contributed by atoms with Crippen LogP contribution in [0.25, 0.3) is 0 Å². The summed E-state index contributed by atoms with van der Waals surface area (Å²) >= 11 is 0. The van der Waals surface area contributed by atoms with Gasteiger partial charge < -0.3 is 9.73 Å². The summed E-state index contributed by atoms with van der Waals surface area (Å²) in [6, 6.07) is 4.39. The Morgan fingerprint density at radius 2 is 2.36 bits per heavy atom. The molecule has 2 heterocycles. The van der Waals surface area contributed by atoms with E-state index in [1.165, 1.54) is 6.39 Å². The highest BCUT2D eigenvalue weighted by Gasteiger charge is 1.97. The van der Waals surface area contributed by atoms with E-state index in [1.807, 2.05) is 25.3 Å². The maximum absolute atomic E-state index is 4.93. The first kappa shape index (κ1) is 8.68. The fraction of sp³-hybridized carbons (Fsp3) is 0.222. The molecule has 2 rings (SSSR count). The van der Waals surface area contributed by atoms with Crippen molar-refractivity contribution in [2.45, 2.75) is 13.5 Å². The van der Waals surface area contributed by atoms with Gasteiger partial charge in [-0.1, -0.05) is 11.2 Å². The highest BCUT2D eigenvalue weighted by molar-refractivity contribution is 5.21. The van der Waals surface area contributed by atoms with Crippen LogP contribution in [0.5, 0.6) is 0 Å². The summed E-state index contributed by atoms with van der Waals surface area (Å²) in [6.45, 7) is 2.59. The standard InChI is InChI=1S/C9H10N4O/c1-7-2-3-8(4-10-7)5-11-9-13-12-6-14-9/h2-4,6H,5H2,1H3,(H,11,13). The van der Waals surface area contributed by atoms with Crippen molar-refractivity contribution >= 4 is 6.01 Å². The van der Waals surface area contributed by atoms with Crippen LogP contribution in [0, 0.1) is 6.92 Å². The summed E-state index contributed by atoms with van der Waals surface area (Å²) in [7, 11) is 0. The van der Waals surface area contributed by atoms with Crippen molar-refractivity contribution in [2.75, 3.05) is 5.32 Å². The normalized spacial score (nSPS) is 10.1. The molecule has 0 bridgehead atoms. The summed E-state index contributed by atoms with van der Waals surface area (Å²) in [5.41, 5.74) is 2.08. The fourth-order valence-electron chi connectivity index (χ4n) is 1.03. The largest absolute Gasteiger partial charge is 0.411 e. The number of nitrogens with zero attached hydrogens (tertiary/aromatic N) is 3. The summed E-state index contributed by atoms with van der Waals surface area (Å²) in [4.78, 5) is 4.17. The molecule has 0 fully saturated rings. The van der Waals surface area contributed by atoms with Gasteiger partial charge in [0.05, 0.1) is 0 Å². The molecule has 0 atom stereocenters. The van der Waals surface area contributed by atoms with Gasteiger partial charge in [-0.05, 0) is 18.6 Å². The monoisotopic (exact) mass is 190 g/mol. The highest BCUT2D eigenvalue weighted by atomic mass is 16.4. The summed E-state index contributed by atoms with van der Waals surface area (Å²) in [5.74, 6) is 0. The van der Waals surface area contributed by atoms with E-state index < -0.39 is 0 Å². The Balaban J connectivity index is 1.95. The van der Waals surface area contributed by atoms with Crippen LogP contribution in [0.4, 0.5) is 6.01 Å². The Labute approximate surface area is 81.2 Å². The molecule has 1 N–H and O–H groups in total. The van der Waals surface area contributed by atoms with E-state index in [9.17, 15) is 0 Å². The van der Waals surface area contributed by atoms with Crippen molar-refractivity contribution < 1.29 is 4.42 Å². The molecular formula is C9H10N4O. The summed E-state index contributed by atoms with van der Waals surface area (Å²) in [5, 5.41) is 10.2. The van der Waals surface area contributed by atoms with Crippen molar-refractivity contribution in [1.29, 1.82) is 0 Å². The van der Waals surface area contributed by atoms with E-state index in [-0.39, 0.29) is 0 Å². The van der Waals surface area contributed by atoms with Gasteiger partial charge in [0.15, 0.2) is 0 Å². The fourth-order valence-corrected chi connectivity index (χ4v) is 1.03. The topological polar surface area (TPSA) is 63.8 Å². The maximum Gasteiger partial charge on any atom is 0.315 e. The van der Waals surface area contributed by atoms with Crippen LogP contribution in [0.1, 0.15) is 11.3 Å². The lowest BCUT2D eigenvalue weighted by atomic mass is 10.2. The summed E-state index contributed by atoms with van der Waals surface area (Å²) < 4.78 is 4.93. The molecule has 5 nitrogen and oxygen atoms in total. The van der Waals surface area contributed by atoms with Gasteiger partial charge in [-0.2, -0.15) is 0 Å². The smallest absolute Gasteiger partial charge is 0.315 e. The van der Waals surface area contributed by atoms with Crippen LogP contribution >= 0.6 is 0 Å². The molecule has 0 aliphatic carbocycles. The zero-order chi connectivity index (χ0) is 9.80. The van der Waals surface area contributed by atoms with E-state index in [1.54, 1.807) is 0 Å². The minimum atomic E-state index is 0.422. The number of rotatable bonds is 3. The number of nitrogens with one attached hydrogen (secondary N) is 1. The molecule has 0 aromatic carbocycles. The van der Waals surface area contributed by atoms with Gasteiger partial charge >= 0.3 is 6.01 Å². The maximum atomic E-state index is 4.93. The average molecular weight is 190 g/mol. The minimum Gasteiger partial charge on any atom is -0.411 e. The van der Waals surface area contributed by atoms with Crippen LogP contribution in [0.15, 0.2) is 29.1 Å². The Hall–Kier alpha value is -1.91. The van der Waals surface area contributed by atoms with Gasteiger partial charge in [0.1, 0.15) is 0 Å². The third-order valence-corrected chi connectivity index (χ3v) is 1.78. The van der Waals surface area contributed by atoms with Crippen molar-refractivity contribution in [3.63, 3.8) is 0 Å². The van der Waals surface area contributed by atoms with Crippen molar-refractivity contribution in [2.24, 2.45) is 0 Å². The molecule has 0 amide bonds. The highest BCUT2D eigenvalue weighted by Crippen LogP contribution is 2.04. The molecule has 2 aromatic rings. The second-order valence-corrected chi connectivity index (χ2v) is 2.91. The molecule has 0 aliphatic rings. The van der Waals surface area contributed by atoms with Crippen LogP contribution in [0.3, 0.4) is 0 Å². The third kappa shape index (κ3) is 2.07. The zero-order valence-electron chi connectivity index (χ0n) is 7.77. The number of hydrogen-bond acceptors (Lipinski definition) is 5. The molecule has 72 valence electrons. The Morgan fingerprint density at radius 1 is 1.43 bits per heavy atom. The van der Waals surface area contributed by atoms with Crippen LogP contribution in [-0.4, -0.2) is 15.2 Å². The third-order valence-electron chi connectivity index (χ3n) is 1.78. The van der Waals surface area contributed by atoms with E-state index in [2.05, 4.69) is 20.5 Å². The second kappa shape index (κ2) is 3.87. The molecule has 0 unspecified atom stereocenters. The first-order valence-corrected chi connectivity index (χ1v) is 4.26. The van der Waals surface area contributed by atoms with Gasteiger partial charge in [-0.25, -0.2) is 0 Å². The van der Waals surface area contributed by atoms with Crippen LogP contribution < -0.4 is 5.32 Å². The lowest BCUT2D eigenvalue weighted by Crippen LogP contribution is -2.00. The van der Waals surface area contributed by atoms with E-state index in [4.69, 9.17) is 4.42 Å². The molecule has 2 aromatic heterocycles. The van der Waals surface area contributed by atoms with Crippen molar-refractivity contribution in [3.8, 4) is 0 Å². The molecule has 0 spiro atoms. The number of anilines is 1. The number of pyridine rings is 1. The molecule has 0 aliphatic heterocycles. The predicted molar refractivity (Wildman–Crippen MR) is 50.6 cm³/mol. The first-order chi connectivity index (χ1) is 6.84. The molecule has 0 saturated carbocycles. The molecule has 14 heavy (non-hydrogen) atoms. The van der Waals surface area contributed by atoms with Crippen molar-refractivity contribution in [3.05, 3.63) is 36.0 Å². The molecule has 0 saturated heterocycles. The lowest BCUT2D eigenvalue weighted by molar-refractivity contribution is 0.565. The Kier molecular flexibility index (Phi) is 2.40. The van der Waals surface area contributed by atoms with E-state index in [0.717, 1.165) is 11.3 Å². The van der Waals surface area contributed by atoms with Crippen molar-refractivity contribution in [1.82, 2.24) is 15.2 Å². The lowest BCUT2D eigenvalue weighted by Gasteiger charge is -2.00. The summed E-state index contributed by atoms with van der Waals surface area (Å²) in [6.07, 6.45) is 3.11. The zero-order valence-corrected chi connectivity index (χ0v) is 7.77. The van der Waals surface area contributed by atoms with Gasteiger partial charge in [0.2, 0.25) is 6.39 Å². The number of hydrogen-bond donors (Lipinski definition) is 1. The van der Waals surface area contributed by atoms with E-state index in [0.29, 0.717) is 12.6 Å². The minimum absolute atomic E-state index is 0.422. The van der Waals surface area contributed by atoms with Gasteiger partial charge in [0, 0.05) is 18.4 Å². The van der Waals surface area contributed by atoms with Crippen LogP contribution in [0.2, 0.25) is 0 Å². The Morgan fingerprint density at radius 3 is 3.00 bits per heavy atom. The number of aryl methyl sites for hydroxylation is 1. The molecule has 5 heteroatoms. The van der Waals surface area contributed by atoms with Crippen LogP contribution in [-0.2, 0) is 6.54 Å². The second-order valence-electron chi connectivity index (χ2n) is 2.91. The first-order valence-electron chi connectivity index (χ1n) is 4.26. The number of aromatic nitrogens is 3. The molecular weight excluding hydrogens is 180 g/mol. The van der Waals surface area contributed by atoms with Gasteiger partial charge in [-0.3, -0.25) is 4.98 Å². The quantitative estimate of drug-likeness (QED) is 0.792. The van der Waals surface area contributed by atoms with Gasteiger partial charge in [0.25, 0.3) is 0 Å². The average Bonchev–Trinajstić information content (AvgIpc) is 2.70. The van der Waals surface area contributed by atoms with Gasteiger partial charge in [-0.15, -0.1) is 5.10 Å². The van der Waals surface area contributed by atoms with E-state index >= 15 is 0 Å². The molecule has 0 radical (unpaired) electrons. The Bertz CT molecular complexity index is 382. The predicted octanol–water partition coefficient (Wildman–Crippen LogP) is 1.39. The SMILES string of the molecule is Cc1ccc(CNc2nnco2)cn1.